The number of nitriles is 1. The molecule has 1 spiro atoms. The fourth-order valence-electron chi connectivity index (χ4n) is 6.21. The lowest BCUT2D eigenvalue weighted by Gasteiger charge is -2.60. The predicted molar refractivity (Wildman–Crippen MR) is 109 cm³/mol. The first-order valence-corrected chi connectivity index (χ1v) is 11.8. The molecule has 0 N–H and O–H groups in total. The van der Waals surface area contributed by atoms with Crippen LogP contribution in [0.25, 0.3) is 0 Å². The summed E-state index contributed by atoms with van der Waals surface area (Å²) in [4.78, 5) is 14.0. The highest BCUT2D eigenvalue weighted by atomic mass is 17.3. The second-order valence-electron chi connectivity index (χ2n) is 10.2. The van der Waals surface area contributed by atoms with E-state index in [9.17, 15) is 5.21 Å². The van der Waals surface area contributed by atoms with Crippen LogP contribution in [0, 0.1) is 40.2 Å². The van der Waals surface area contributed by atoms with Crippen LogP contribution in [-0.4, -0.2) is 54.2 Å². The maximum absolute atomic E-state index is 11.4. The number of nitrogens with zero attached hydrogens (tertiary/aromatic N) is 4. The lowest BCUT2D eigenvalue weighted by molar-refractivity contribution is -0.804. The van der Waals surface area contributed by atoms with Gasteiger partial charge in [0, 0.05) is 30.0 Å². The highest BCUT2D eigenvalue weighted by Gasteiger charge is 2.69. The number of aromatic nitrogens is 2. The first-order valence-electron chi connectivity index (χ1n) is 11.8. The average Bonchev–Trinajstić information content (AvgIpc) is 2.96. The Labute approximate surface area is 192 Å². The molecule has 33 heavy (non-hydrogen) atoms. The van der Waals surface area contributed by atoms with E-state index in [1.165, 1.54) is 0 Å². The van der Waals surface area contributed by atoms with Gasteiger partial charge < -0.3 is 19.4 Å². The van der Waals surface area contributed by atoms with Gasteiger partial charge in [-0.25, -0.2) is 9.78 Å². The molecule has 5 fully saturated rings. The lowest BCUT2D eigenvalue weighted by atomic mass is 9.58. The third-order valence-electron chi connectivity index (χ3n) is 8.06. The van der Waals surface area contributed by atoms with Crippen molar-refractivity contribution in [1.82, 2.24) is 10.1 Å². The summed E-state index contributed by atoms with van der Waals surface area (Å²) in [6.07, 6.45) is 2.97. The van der Waals surface area contributed by atoms with Crippen LogP contribution in [0.3, 0.4) is 0 Å². The Balaban J connectivity index is 1.24. The van der Waals surface area contributed by atoms with Gasteiger partial charge in [0.2, 0.25) is 5.79 Å². The second-order valence-corrected chi connectivity index (χ2v) is 10.2. The largest absolute Gasteiger partial charge is 0.358 e. The van der Waals surface area contributed by atoms with E-state index in [1.807, 2.05) is 24.9 Å². The van der Waals surface area contributed by atoms with Gasteiger partial charge in [0.15, 0.2) is 24.3 Å². The summed E-state index contributed by atoms with van der Waals surface area (Å²) in [7, 11) is 1.86. The van der Waals surface area contributed by atoms with Crippen LogP contribution in [0.4, 0.5) is 0 Å². The van der Waals surface area contributed by atoms with Crippen LogP contribution < -0.4 is 4.90 Å². The quantitative estimate of drug-likeness (QED) is 0.454. The maximum atomic E-state index is 11.4. The molecule has 1 aromatic heterocycles. The van der Waals surface area contributed by atoms with Gasteiger partial charge in [-0.1, -0.05) is 13.8 Å². The molecule has 8 atom stereocenters. The summed E-state index contributed by atoms with van der Waals surface area (Å²) in [5, 5.41) is 24.1. The summed E-state index contributed by atoms with van der Waals surface area (Å²) in [5.74, 6) is 0.346. The molecule has 0 aromatic carbocycles. The average molecular weight is 465 g/mol. The standard InChI is InChI=1S/C22H32N4O7/c1-13-5-6-16-14(2)19(28-10-9-25(4)12-17-18(11-23)26(27)33-24-17)29-20-22(16)15(13)7-8-21(3,30-20)31-32-22/h13-16,19-20H,5-10,12H2,1-4H3/t13-,14-,15+,16+,19+,20-,21-,22-/m1/s1. The van der Waals surface area contributed by atoms with Gasteiger partial charge in [-0.3, -0.25) is 9.53 Å². The molecule has 4 aliphatic heterocycles. The number of hydrogen-bond acceptors (Lipinski definition) is 10. The molecule has 1 aliphatic carbocycles. The fraction of sp³-hybridized carbons (Fsp3) is 0.864. The summed E-state index contributed by atoms with van der Waals surface area (Å²) < 4.78 is 23.5. The van der Waals surface area contributed by atoms with Crippen LogP contribution in [0.15, 0.2) is 4.63 Å². The van der Waals surface area contributed by atoms with E-state index in [-0.39, 0.29) is 22.4 Å². The van der Waals surface area contributed by atoms with E-state index in [0.717, 1.165) is 25.7 Å². The molecular formula is C22H32N4O7. The molecule has 11 nitrogen and oxygen atoms in total. The van der Waals surface area contributed by atoms with Crippen molar-refractivity contribution in [1.29, 1.82) is 5.26 Å². The van der Waals surface area contributed by atoms with Crippen LogP contribution in [0.2, 0.25) is 0 Å². The zero-order valence-electron chi connectivity index (χ0n) is 19.6. The lowest BCUT2D eigenvalue weighted by Crippen LogP contribution is -2.70. The van der Waals surface area contributed by atoms with Gasteiger partial charge in [-0.15, -0.1) is 0 Å². The highest BCUT2D eigenvalue weighted by Crippen LogP contribution is 2.60. The van der Waals surface area contributed by atoms with Crippen LogP contribution in [-0.2, 0) is 30.5 Å². The smallest absolute Gasteiger partial charge is 0.299 e. The molecule has 5 heterocycles. The van der Waals surface area contributed by atoms with Gasteiger partial charge in [-0.2, -0.15) is 5.26 Å². The van der Waals surface area contributed by atoms with Crippen molar-refractivity contribution >= 4 is 0 Å². The Morgan fingerprint density at radius 1 is 1.27 bits per heavy atom. The molecule has 0 radical (unpaired) electrons. The Hall–Kier alpha value is -1.81. The van der Waals surface area contributed by atoms with E-state index in [4.69, 9.17) is 29.2 Å². The minimum Gasteiger partial charge on any atom is -0.358 e. The van der Waals surface area contributed by atoms with Gasteiger partial charge >= 0.3 is 0 Å². The highest BCUT2D eigenvalue weighted by molar-refractivity contribution is 5.18. The summed E-state index contributed by atoms with van der Waals surface area (Å²) >= 11 is 0. The van der Waals surface area contributed by atoms with E-state index < -0.39 is 24.0 Å². The molecule has 0 amide bonds. The minimum absolute atomic E-state index is 0.108. The van der Waals surface area contributed by atoms with E-state index in [2.05, 4.69) is 23.6 Å². The predicted octanol–water partition coefficient (Wildman–Crippen LogP) is 1.84. The van der Waals surface area contributed by atoms with Crippen molar-refractivity contribution in [3.8, 4) is 6.07 Å². The molecule has 5 aliphatic rings. The second kappa shape index (κ2) is 8.45. The number of ether oxygens (including phenoxy) is 3. The fourth-order valence-corrected chi connectivity index (χ4v) is 6.21. The molecule has 2 bridgehead atoms. The first-order chi connectivity index (χ1) is 15.8. The maximum Gasteiger partial charge on any atom is 0.299 e. The molecule has 182 valence electrons. The van der Waals surface area contributed by atoms with Crippen LogP contribution in [0.1, 0.15) is 57.8 Å². The molecule has 4 saturated heterocycles. The van der Waals surface area contributed by atoms with Crippen molar-refractivity contribution in [2.75, 3.05) is 20.2 Å². The number of fused-ring (bicyclic) bond motifs is 2. The SMILES string of the molecule is C[C@H]1[C@@H](OCCN(C)Cc2no[n+]([O-])c2C#N)O[C@@H]2O[C@@]3(C)CC[C@H]4[C@H](C)CC[C@@H]1[C@@]24OO3. The van der Waals surface area contributed by atoms with E-state index in [0.29, 0.717) is 37.2 Å². The number of hydrogen-bond donors (Lipinski definition) is 0. The Morgan fingerprint density at radius 2 is 2.09 bits per heavy atom. The summed E-state index contributed by atoms with van der Waals surface area (Å²) in [6.45, 7) is 7.62. The zero-order chi connectivity index (χ0) is 23.4. The van der Waals surface area contributed by atoms with Gasteiger partial charge in [0.1, 0.15) is 0 Å². The monoisotopic (exact) mass is 464 g/mol. The molecule has 11 heteroatoms. The van der Waals surface area contributed by atoms with Crippen molar-refractivity contribution in [3.05, 3.63) is 16.6 Å². The van der Waals surface area contributed by atoms with Crippen molar-refractivity contribution < 1.29 is 33.5 Å². The molecule has 6 rings (SSSR count). The number of likely N-dealkylation sites (N-methyl/N-ethyl adjacent to an activating group) is 1. The Kier molecular flexibility index (Phi) is 5.87. The topological polar surface area (TPSA) is 126 Å². The minimum atomic E-state index is -0.808. The van der Waals surface area contributed by atoms with Crippen LogP contribution in [0.5, 0.6) is 0 Å². The Morgan fingerprint density at radius 3 is 2.88 bits per heavy atom. The van der Waals surface area contributed by atoms with Crippen LogP contribution >= 0.6 is 0 Å². The number of rotatable bonds is 6. The first kappa shape index (κ1) is 23.0. The van der Waals surface area contributed by atoms with E-state index >= 15 is 0 Å². The molecular weight excluding hydrogens is 432 g/mol. The van der Waals surface area contributed by atoms with E-state index in [1.54, 1.807) is 0 Å². The van der Waals surface area contributed by atoms with Crippen molar-refractivity contribution in [3.63, 3.8) is 0 Å². The van der Waals surface area contributed by atoms with Crippen molar-refractivity contribution in [2.45, 2.75) is 77.0 Å². The van der Waals surface area contributed by atoms with Gasteiger partial charge in [0.25, 0.3) is 11.4 Å². The molecule has 1 saturated carbocycles. The third kappa shape index (κ3) is 3.73. The Bertz CT molecular complexity index is 921. The van der Waals surface area contributed by atoms with Crippen molar-refractivity contribution in [2.24, 2.45) is 23.7 Å². The third-order valence-corrected chi connectivity index (χ3v) is 8.06. The zero-order valence-corrected chi connectivity index (χ0v) is 19.6. The van der Waals surface area contributed by atoms with Gasteiger partial charge in [0.05, 0.1) is 13.2 Å². The summed E-state index contributed by atoms with van der Waals surface area (Å²) in [5.41, 5.74) is -0.428. The molecule has 0 unspecified atom stereocenters. The molecule has 1 aromatic rings. The van der Waals surface area contributed by atoms with Gasteiger partial charge in [-0.05, 0) is 50.0 Å². The summed E-state index contributed by atoms with van der Waals surface area (Å²) in [6, 6.07) is 1.81. The normalized spacial score (nSPS) is 42.1.